The summed E-state index contributed by atoms with van der Waals surface area (Å²) in [6.07, 6.45) is 2.22. The van der Waals surface area contributed by atoms with E-state index in [9.17, 15) is 9.59 Å². The van der Waals surface area contributed by atoms with Crippen molar-refractivity contribution >= 4 is 23.0 Å². The van der Waals surface area contributed by atoms with Crippen LogP contribution in [0.4, 0.5) is 0 Å². The van der Waals surface area contributed by atoms with Crippen LogP contribution in [-0.4, -0.2) is 34.2 Å². The second-order valence-electron chi connectivity index (χ2n) is 5.16. The van der Waals surface area contributed by atoms with E-state index in [-0.39, 0.29) is 17.7 Å². The zero-order valence-corrected chi connectivity index (χ0v) is 12.4. The molecule has 0 spiro atoms. The maximum atomic E-state index is 12.4. The maximum Gasteiger partial charge on any atom is 0.273 e. The first-order chi connectivity index (χ1) is 10.3. The highest BCUT2D eigenvalue weighted by molar-refractivity contribution is 7.07. The number of aromatic nitrogens is 1. The number of nitrogens with zero attached hydrogens (tertiary/aromatic N) is 2. The van der Waals surface area contributed by atoms with Gasteiger partial charge in [0.1, 0.15) is 5.69 Å². The lowest BCUT2D eigenvalue weighted by Gasteiger charge is -2.23. The van der Waals surface area contributed by atoms with Gasteiger partial charge in [0.25, 0.3) is 5.91 Å². The first kappa shape index (κ1) is 13.9. The van der Waals surface area contributed by atoms with Crippen molar-refractivity contribution in [1.82, 2.24) is 9.88 Å². The number of likely N-dealkylation sites (tertiary alicyclic amines) is 1. The molecule has 21 heavy (non-hydrogen) atoms. The van der Waals surface area contributed by atoms with Gasteiger partial charge in [0.15, 0.2) is 5.78 Å². The molecule has 1 amide bonds. The number of benzene rings is 1. The van der Waals surface area contributed by atoms with Crippen molar-refractivity contribution in [2.24, 2.45) is 0 Å². The minimum absolute atomic E-state index is 0.00749. The van der Waals surface area contributed by atoms with Gasteiger partial charge in [0.05, 0.1) is 5.51 Å². The zero-order chi connectivity index (χ0) is 14.7. The molecule has 1 unspecified atom stereocenters. The summed E-state index contributed by atoms with van der Waals surface area (Å²) in [5, 5.41) is 1.76. The lowest BCUT2D eigenvalue weighted by Crippen LogP contribution is -2.37. The molecular weight excluding hydrogens is 284 g/mol. The smallest absolute Gasteiger partial charge is 0.273 e. The minimum Gasteiger partial charge on any atom is -0.334 e. The molecule has 1 aliphatic rings. The van der Waals surface area contributed by atoms with Crippen LogP contribution in [0.2, 0.25) is 0 Å². The van der Waals surface area contributed by atoms with Crippen molar-refractivity contribution < 1.29 is 9.59 Å². The third-order valence-electron chi connectivity index (χ3n) is 3.81. The minimum atomic E-state index is -0.0559. The van der Waals surface area contributed by atoms with Crippen LogP contribution in [0.25, 0.3) is 0 Å². The van der Waals surface area contributed by atoms with Gasteiger partial charge >= 0.3 is 0 Å². The Morgan fingerprint density at radius 1 is 1.29 bits per heavy atom. The second kappa shape index (κ2) is 6.18. The Morgan fingerprint density at radius 3 is 2.81 bits per heavy atom. The highest BCUT2D eigenvalue weighted by atomic mass is 32.1. The maximum absolute atomic E-state index is 12.4. The lowest BCUT2D eigenvalue weighted by atomic mass is 10.0. The Bertz CT molecular complexity index is 625. The van der Waals surface area contributed by atoms with E-state index >= 15 is 0 Å². The molecule has 1 atom stereocenters. The summed E-state index contributed by atoms with van der Waals surface area (Å²) < 4.78 is 0. The second-order valence-corrected chi connectivity index (χ2v) is 5.88. The summed E-state index contributed by atoms with van der Waals surface area (Å²) in [4.78, 5) is 30.6. The molecule has 0 N–H and O–H groups in total. The van der Waals surface area contributed by atoms with Crippen molar-refractivity contribution in [3.05, 3.63) is 52.5 Å². The number of hydrogen-bond acceptors (Lipinski definition) is 4. The van der Waals surface area contributed by atoms with Gasteiger partial charge < -0.3 is 4.90 Å². The largest absolute Gasteiger partial charge is 0.334 e. The first-order valence-electron chi connectivity index (χ1n) is 7.03. The van der Waals surface area contributed by atoms with E-state index < -0.39 is 0 Å². The Balaban J connectivity index is 1.70. The zero-order valence-electron chi connectivity index (χ0n) is 11.6. The Hall–Kier alpha value is -2.01. The summed E-state index contributed by atoms with van der Waals surface area (Å²) in [5.41, 5.74) is 2.86. The number of rotatable bonds is 4. The molecule has 1 aliphatic heterocycles. The fraction of sp³-hybridized carbons (Fsp3) is 0.312. The monoisotopic (exact) mass is 300 g/mol. The molecule has 1 fully saturated rings. The van der Waals surface area contributed by atoms with Crippen LogP contribution in [0.1, 0.15) is 40.1 Å². The molecule has 2 aromatic rings. The van der Waals surface area contributed by atoms with Crippen molar-refractivity contribution in [3.63, 3.8) is 0 Å². The first-order valence-corrected chi connectivity index (χ1v) is 7.97. The molecule has 0 radical (unpaired) electrons. The van der Waals surface area contributed by atoms with Crippen LogP contribution in [0.15, 0.2) is 41.2 Å². The molecule has 3 rings (SSSR count). The predicted molar refractivity (Wildman–Crippen MR) is 81.6 cm³/mol. The normalized spacial score (nSPS) is 17.9. The quantitative estimate of drug-likeness (QED) is 0.816. The van der Waals surface area contributed by atoms with E-state index in [1.165, 1.54) is 11.3 Å². The van der Waals surface area contributed by atoms with E-state index in [1.807, 2.05) is 30.3 Å². The molecule has 1 saturated heterocycles. The van der Waals surface area contributed by atoms with Crippen molar-refractivity contribution in [2.75, 3.05) is 6.54 Å². The standard InChI is InChI=1S/C16H16N2O2S/c19-15(12-5-2-1-3-6-12)9-13-7-4-8-18(13)16(20)14-10-21-11-17-14/h1-3,5-6,10-11,13H,4,7-9H2. The van der Waals surface area contributed by atoms with Crippen LogP contribution in [0.3, 0.4) is 0 Å². The average molecular weight is 300 g/mol. The number of Topliss-reactive ketones (excluding diaryl/α,β-unsaturated/α-hetero) is 1. The van der Waals surface area contributed by atoms with Gasteiger partial charge in [0, 0.05) is 30.0 Å². The van der Waals surface area contributed by atoms with E-state index in [0.717, 1.165) is 12.8 Å². The molecule has 1 aromatic heterocycles. The number of thiazole rings is 1. The lowest BCUT2D eigenvalue weighted by molar-refractivity contribution is 0.0712. The molecule has 5 heteroatoms. The Labute approximate surface area is 127 Å². The van der Waals surface area contributed by atoms with Crippen molar-refractivity contribution in [3.8, 4) is 0 Å². The number of ketones is 1. The number of hydrogen-bond donors (Lipinski definition) is 0. The SMILES string of the molecule is O=C(CC1CCCN1C(=O)c1cscn1)c1ccccc1. The van der Waals surface area contributed by atoms with Crippen LogP contribution in [0, 0.1) is 0 Å². The molecule has 2 heterocycles. The molecule has 0 bridgehead atoms. The van der Waals surface area contributed by atoms with Gasteiger partial charge in [-0.25, -0.2) is 4.98 Å². The molecule has 0 aliphatic carbocycles. The third kappa shape index (κ3) is 3.03. The van der Waals surface area contributed by atoms with Crippen molar-refractivity contribution in [2.45, 2.75) is 25.3 Å². The van der Waals surface area contributed by atoms with Gasteiger partial charge in [-0.3, -0.25) is 9.59 Å². The average Bonchev–Trinajstić information content (AvgIpc) is 3.19. The van der Waals surface area contributed by atoms with Gasteiger partial charge in [-0.2, -0.15) is 0 Å². The van der Waals surface area contributed by atoms with Crippen molar-refractivity contribution in [1.29, 1.82) is 0 Å². The fourth-order valence-electron chi connectivity index (χ4n) is 2.74. The van der Waals surface area contributed by atoms with E-state index in [2.05, 4.69) is 4.98 Å². The highest BCUT2D eigenvalue weighted by Gasteiger charge is 2.31. The van der Waals surface area contributed by atoms with Crippen LogP contribution in [0.5, 0.6) is 0 Å². The third-order valence-corrected chi connectivity index (χ3v) is 4.39. The molecule has 108 valence electrons. The molecule has 0 saturated carbocycles. The summed E-state index contributed by atoms with van der Waals surface area (Å²) in [7, 11) is 0. The number of amides is 1. The summed E-state index contributed by atoms with van der Waals surface area (Å²) in [6.45, 7) is 0.711. The van der Waals surface area contributed by atoms with Gasteiger partial charge in [-0.1, -0.05) is 30.3 Å². The molecule has 4 nitrogen and oxygen atoms in total. The van der Waals surface area contributed by atoms with Gasteiger partial charge in [-0.15, -0.1) is 11.3 Å². The van der Waals surface area contributed by atoms with Crippen LogP contribution < -0.4 is 0 Å². The Morgan fingerprint density at radius 2 is 2.10 bits per heavy atom. The predicted octanol–water partition coefficient (Wildman–Crippen LogP) is 3.02. The van der Waals surface area contributed by atoms with Crippen LogP contribution >= 0.6 is 11.3 Å². The number of carbonyl (C=O) groups excluding carboxylic acids is 2. The van der Waals surface area contributed by atoms with Gasteiger partial charge in [0.2, 0.25) is 0 Å². The summed E-state index contributed by atoms with van der Waals surface area (Å²) >= 11 is 1.41. The molecular formula is C16H16N2O2S. The van der Waals surface area contributed by atoms with E-state index in [4.69, 9.17) is 0 Å². The topological polar surface area (TPSA) is 50.3 Å². The molecule has 1 aromatic carbocycles. The summed E-state index contributed by atoms with van der Waals surface area (Å²) in [5.74, 6) is 0.0400. The highest BCUT2D eigenvalue weighted by Crippen LogP contribution is 2.24. The van der Waals surface area contributed by atoms with E-state index in [1.54, 1.807) is 15.8 Å². The Kier molecular flexibility index (Phi) is 4.10. The number of carbonyl (C=O) groups is 2. The van der Waals surface area contributed by atoms with Gasteiger partial charge in [-0.05, 0) is 12.8 Å². The van der Waals surface area contributed by atoms with E-state index in [0.29, 0.717) is 24.2 Å². The van der Waals surface area contributed by atoms with Crippen LogP contribution in [-0.2, 0) is 0 Å². The summed E-state index contributed by atoms with van der Waals surface area (Å²) in [6, 6.07) is 9.25. The fourth-order valence-corrected chi connectivity index (χ4v) is 3.26.